The largest absolute Gasteiger partial charge is 0.311 e. The number of imidazole rings is 2. The minimum atomic E-state index is -0.0537. The van der Waals surface area contributed by atoms with Crippen molar-refractivity contribution in [1.29, 1.82) is 0 Å². The highest BCUT2D eigenvalue weighted by Gasteiger charge is 2.44. The van der Waals surface area contributed by atoms with Crippen molar-refractivity contribution >= 4 is 68.0 Å². The molecule has 0 unspecified atom stereocenters. The molecule has 6 aromatic carbocycles. The number of fused-ring (bicyclic) bond motifs is 10. The van der Waals surface area contributed by atoms with Crippen LogP contribution in [0.5, 0.6) is 0 Å². The summed E-state index contributed by atoms with van der Waals surface area (Å²) in [5, 5.41) is 0. The van der Waals surface area contributed by atoms with Gasteiger partial charge in [0.1, 0.15) is 0 Å². The highest BCUT2D eigenvalue weighted by Crippen LogP contribution is 2.47. The Labute approximate surface area is 344 Å². The van der Waals surface area contributed by atoms with Gasteiger partial charge < -0.3 is 4.90 Å². The SMILES string of the molecule is CC(C)c1cccc(C(C)C)c1-c1ccc2c(c1)-n1c3c4c(ccc3n3c5cccc(C(C)(C)C)c5nc13)N(c1c(C(C)C)cccc1C(C)C)c1ccccc1B24. The second kappa shape index (κ2) is 13.0. The van der Waals surface area contributed by atoms with E-state index in [-0.39, 0.29) is 12.1 Å². The molecule has 290 valence electrons. The molecule has 5 heteroatoms. The Kier molecular flexibility index (Phi) is 8.23. The third kappa shape index (κ3) is 5.11. The molecule has 2 aromatic heterocycles. The van der Waals surface area contributed by atoms with Gasteiger partial charge in [0.2, 0.25) is 5.78 Å². The van der Waals surface area contributed by atoms with E-state index in [4.69, 9.17) is 4.98 Å². The molecule has 0 saturated carbocycles. The number of nitrogens with zero attached hydrogens (tertiary/aromatic N) is 4. The molecule has 4 nitrogen and oxygen atoms in total. The third-order valence-corrected chi connectivity index (χ3v) is 13.1. The van der Waals surface area contributed by atoms with Crippen LogP contribution in [0.4, 0.5) is 17.1 Å². The summed E-state index contributed by atoms with van der Waals surface area (Å²) in [7, 11) is 0. The van der Waals surface area contributed by atoms with Gasteiger partial charge in [-0.3, -0.25) is 8.97 Å². The molecule has 2 aliphatic rings. The molecule has 2 aliphatic heterocycles. The lowest BCUT2D eigenvalue weighted by Crippen LogP contribution is -2.60. The Balaban J connectivity index is 1.38. The molecule has 0 aliphatic carbocycles. The molecule has 8 aromatic rings. The van der Waals surface area contributed by atoms with Crippen molar-refractivity contribution in [2.75, 3.05) is 4.90 Å². The standard InChI is InChI=1S/C53H55BN4/c1-30(2)35-17-14-18-36(31(3)4)47(35)34-25-26-41-46(29-34)58-51-45(57-44-24-16-21-39(53(9,10)11)49(44)55-52(57)58)28-27-43-48(51)54(41)40-22-12-13-23-42(40)56(43)50-37(32(5)6)19-15-20-38(50)33(7)8/h12-33H,1-11H3. The Morgan fingerprint density at radius 2 is 1.16 bits per heavy atom. The monoisotopic (exact) mass is 758 g/mol. The average Bonchev–Trinajstić information content (AvgIpc) is 3.74. The van der Waals surface area contributed by atoms with Crippen LogP contribution in [0.1, 0.15) is 128 Å². The summed E-state index contributed by atoms with van der Waals surface area (Å²) in [4.78, 5) is 8.28. The van der Waals surface area contributed by atoms with Crippen LogP contribution >= 0.6 is 0 Å². The Morgan fingerprint density at radius 3 is 1.79 bits per heavy atom. The zero-order valence-electron chi connectivity index (χ0n) is 36.1. The summed E-state index contributed by atoms with van der Waals surface area (Å²) >= 11 is 0. The normalized spacial score (nSPS) is 13.6. The zero-order valence-corrected chi connectivity index (χ0v) is 36.1. The number of rotatable bonds is 6. The van der Waals surface area contributed by atoms with Crippen molar-refractivity contribution < 1.29 is 0 Å². The summed E-state index contributed by atoms with van der Waals surface area (Å²) in [6.07, 6.45) is 0. The zero-order chi connectivity index (χ0) is 40.5. The van der Waals surface area contributed by atoms with E-state index in [0.717, 1.165) is 16.8 Å². The number of anilines is 3. The molecule has 0 spiro atoms. The fraction of sp³-hybridized carbons (Fsp3) is 0.302. The van der Waals surface area contributed by atoms with Crippen LogP contribution in [0.15, 0.2) is 109 Å². The number of aromatic nitrogens is 3. The van der Waals surface area contributed by atoms with Crippen LogP contribution in [-0.4, -0.2) is 20.7 Å². The van der Waals surface area contributed by atoms with E-state index in [0.29, 0.717) is 23.7 Å². The van der Waals surface area contributed by atoms with E-state index in [1.807, 2.05) is 0 Å². The van der Waals surface area contributed by atoms with Crippen molar-refractivity contribution in [3.05, 3.63) is 137 Å². The lowest BCUT2D eigenvalue weighted by molar-refractivity contribution is 0.595. The number of hydrogen-bond acceptors (Lipinski definition) is 2. The van der Waals surface area contributed by atoms with E-state index in [9.17, 15) is 0 Å². The molecule has 58 heavy (non-hydrogen) atoms. The number of benzene rings is 6. The van der Waals surface area contributed by atoms with Crippen molar-refractivity contribution in [3.63, 3.8) is 0 Å². The Hall–Kier alpha value is -5.55. The molecule has 0 radical (unpaired) electrons. The lowest BCUT2D eigenvalue weighted by atomic mass is 9.34. The van der Waals surface area contributed by atoms with Gasteiger partial charge in [-0.25, -0.2) is 4.98 Å². The van der Waals surface area contributed by atoms with Crippen molar-refractivity contribution in [3.8, 4) is 16.8 Å². The Morgan fingerprint density at radius 1 is 0.552 bits per heavy atom. The quantitative estimate of drug-likeness (QED) is 0.158. The fourth-order valence-corrected chi connectivity index (χ4v) is 10.5. The second-order valence-corrected chi connectivity index (χ2v) is 19.2. The fourth-order valence-electron chi connectivity index (χ4n) is 10.5. The van der Waals surface area contributed by atoms with Gasteiger partial charge in [-0.05, 0) is 115 Å². The van der Waals surface area contributed by atoms with Crippen LogP contribution in [-0.2, 0) is 5.41 Å². The summed E-state index contributed by atoms with van der Waals surface area (Å²) in [5.74, 6) is 2.48. The van der Waals surface area contributed by atoms with Crippen molar-refractivity contribution in [2.45, 2.75) is 105 Å². The smallest absolute Gasteiger partial charge is 0.252 e. The summed E-state index contributed by atoms with van der Waals surface area (Å²) in [6, 6.07) is 42.0. The third-order valence-electron chi connectivity index (χ3n) is 13.1. The van der Waals surface area contributed by atoms with Crippen LogP contribution < -0.4 is 21.3 Å². The van der Waals surface area contributed by atoms with Crippen LogP contribution in [0.2, 0.25) is 0 Å². The van der Waals surface area contributed by atoms with Crippen molar-refractivity contribution in [2.24, 2.45) is 0 Å². The maximum Gasteiger partial charge on any atom is 0.252 e. The lowest BCUT2D eigenvalue weighted by Gasteiger charge is -2.41. The first-order valence-corrected chi connectivity index (χ1v) is 21.6. The molecule has 0 bridgehead atoms. The minimum Gasteiger partial charge on any atom is -0.311 e. The Bertz CT molecular complexity index is 2910. The van der Waals surface area contributed by atoms with E-state index in [1.165, 1.54) is 89.1 Å². The van der Waals surface area contributed by atoms with E-state index < -0.39 is 0 Å². The van der Waals surface area contributed by atoms with E-state index in [2.05, 4.69) is 199 Å². The number of hydrogen-bond donors (Lipinski definition) is 0. The molecule has 4 heterocycles. The van der Waals surface area contributed by atoms with Crippen molar-refractivity contribution in [1.82, 2.24) is 14.0 Å². The first-order valence-electron chi connectivity index (χ1n) is 21.6. The first kappa shape index (κ1) is 36.8. The molecule has 0 atom stereocenters. The summed E-state index contributed by atoms with van der Waals surface area (Å²) < 4.78 is 4.99. The molecule has 0 saturated heterocycles. The molecular formula is C53H55BN4. The van der Waals surface area contributed by atoms with Gasteiger partial charge in [0, 0.05) is 17.1 Å². The molecule has 10 rings (SSSR count). The molecular weight excluding hydrogens is 703 g/mol. The van der Waals surface area contributed by atoms with Gasteiger partial charge in [0.05, 0.1) is 27.8 Å². The average molecular weight is 759 g/mol. The van der Waals surface area contributed by atoms with E-state index >= 15 is 0 Å². The van der Waals surface area contributed by atoms with Crippen LogP contribution in [0.3, 0.4) is 0 Å². The van der Waals surface area contributed by atoms with Crippen LogP contribution in [0.25, 0.3) is 44.7 Å². The maximum atomic E-state index is 5.66. The topological polar surface area (TPSA) is 25.5 Å². The summed E-state index contributed by atoms with van der Waals surface area (Å²) in [6.45, 7) is 25.6. The van der Waals surface area contributed by atoms with Gasteiger partial charge in [-0.1, -0.05) is 155 Å². The minimum absolute atomic E-state index is 0.0531. The predicted octanol–water partition coefficient (Wildman–Crippen LogP) is 12.5. The highest BCUT2D eigenvalue weighted by molar-refractivity contribution is 7.00. The van der Waals surface area contributed by atoms with Gasteiger partial charge in [-0.2, -0.15) is 0 Å². The molecule has 0 fully saturated rings. The van der Waals surface area contributed by atoms with E-state index in [1.54, 1.807) is 0 Å². The van der Waals surface area contributed by atoms with Gasteiger partial charge in [0.15, 0.2) is 0 Å². The maximum absolute atomic E-state index is 5.66. The second-order valence-electron chi connectivity index (χ2n) is 19.2. The number of para-hydroxylation sites is 3. The predicted molar refractivity (Wildman–Crippen MR) is 249 cm³/mol. The van der Waals surface area contributed by atoms with Gasteiger partial charge >= 0.3 is 0 Å². The van der Waals surface area contributed by atoms with Gasteiger partial charge in [-0.15, -0.1) is 0 Å². The van der Waals surface area contributed by atoms with Crippen LogP contribution in [0, 0.1) is 0 Å². The van der Waals surface area contributed by atoms with Gasteiger partial charge in [0.25, 0.3) is 6.71 Å². The molecule has 0 amide bonds. The molecule has 0 N–H and O–H groups in total. The first-order chi connectivity index (χ1) is 27.8. The summed E-state index contributed by atoms with van der Waals surface area (Å²) in [5.41, 5.74) is 23.2. The highest BCUT2D eigenvalue weighted by atomic mass is 15.2.